The summed E-state index contributed by atoms with van der Waals surface area (Å²) < 4.78 is 1.76. The van der Waals surface area contributed by atoms with E-state index in [1.165, 1.54) is 4.88 Å². The maximum Gasteiger partial charge on any atom is 0.170 e. The predicted octanol–water partition coefficient (Wildman–Crippen LogP) is 2.06. The Balaban J connectivity index is 1.57. The van der Waals surface area contributed by atoms with E-state index in [2.05, 4.69) is 38.4 Å². The van der Waals surface area contributed by atoms with Crippen LogP contribution in [0.4, 0.5) is 0 Å². The van der Waals surface area contributed by atoms with Crippen molar-refractivity contribution in [3.05, 3.63) is 58.5 Å². The van der Waals surface area contributed by atoms with Gasteiger partial charge in [-0.1, -0.05) is 24.3 Å². The van der Waals surface area contributed by atoms with Crippen LogP contribution in [-0.4, -0.2) is 26.8 Å². The van der Waals surface area contributed by atoms with Gasteiger partial charge in [0.05, 0.1) is 12.2 Å². The zero-order valence-corrected chi connectivity index (χ0v) is 11.8. The molecule has 6 heteroatoms. The van der Waals surface area contributed by atoms with E-state index in [9.17, 15) is 0 Å². The number of hydrogen-bond donors (Lipinski definition) is 1. The van der Waals surface area contributed by atoms with Gasteiger partial charge in [0, 0.05) is 11.4 Å². The normalized spacial score (nSPS) is 10.8. The number of rotatable bonds is 6. The van der Waals surface area contributed by atoms with E-state index in [1.807, 2.05) is 30.3 Å². The Kier molecular flexibility index (Phi) is 4.15. The summed E-state index contributed by atoms with van der Waals surface area (Å²) in [5.74, 6) is 0.822. The summed E-state index contributed by atoms with van der Waals surface area (Å²) in [6, 6.07) is 14.1. The van der Waals surface area contributed by atoms with Crippen molar-refractivity contribution in [1.29, 1.82) is 0 Å². The Labute approximate surface area is 121 Å². The third-order valence-corrected chi connectivity index (χ3v) is 3.88. The smallest absolute Gasteiger partial charge is 0.170 e. The van der Waals surface area contributed by atoms with Crippen molar-refractivity contribution in [1.82, 2.24) is 25.5 Å². The Morgan fingerprint density at radius 1 is 1.10 bits per heavy atom. The monoisotopic (exact) mass is 285 g/mol. The average molecular weight is 285 g/mol. The largest absolute Gasteiger partial charge is 0.309 e. The molecule has 0 fully saturated rings. The van der Waals surface area contributed by atoms with Gasteiger partial charge in [-0.2, -0.15) is 4.68 Å². The van der Waals surface area contributed by atoms with Crippen LogP contribution in [-0.2, 0) is 13.0 Å². The fourth-order valence-corrected chi connectivity index (χ4v) is 2.66. The van der Waals surface area contributed by atoms with Gasteiger partial charge in [0.1, 0.15) is 0 Å². The Morgan fingerprint density at radius 3 is 2.80 bits per heavy atom. The van der Waals surface area contributed by atoms with Crippen LogP contribution < -0.4 is 5.32 Å². The van der Waals surface area contributed by atoms with Crippen molar-refractivity contribution < 1.29 is 0 Å². The zero-order valence-electron chi connectivity index (χ0n) is 10.9. The van der Waals surface area contributed by atoms with Gasteiger partial charge in [0.25, 0.3) is 0 Å². The molecule has 0 aliphatic rings. The molecular formula is C14H15N5S. The molecule has 0 aliphatic carbocycles. The van der Waals surface area contributed by atoms with Crippen molar-refractivity contribution in [2.24, 2.45) is 0 Å². The molecule has 0 saturated carbocycles. The van der Waals surface area contributed by atoms with Crippen LogP contribution in [0, 0.1) is 0 Å². The number of benzene rings is 1. The number of nitrogens with one attached hydrogen (secondary N) is 1. The summed E-state index contributed by atoms with van der Waals surface area (Å²) in [7, 11) is 0. The van der Waals surface area contributed by atoms with E-state index in [-0.39, 0.29) is 0 Å². The lowest BCUT2D eigenvalue weighted by Crippen LogP contribution is -2.19. The zero-order chi connectivity index (χ0) is 13.6. The second-order valence-electron chi connectivity index (χ2n) is 4.35. The molecule has 0 amide bonds. The molecule has 0 spiro atoms. The first kappa shape index (κ1) is 13.0. The van der Waals surface area contributed by atoms with Gasteiger partial charge >= 0.3 is 0 Å². The maximum atomic E-state index is 4.07. The standard InChI is InChI=1S/C14H15N5S/c1-2-5-12(6-3-1)19-14(16-17-18-19)11-15-9-8-13-7-4-10-20-13/h1-7,10,15H,8-9,11H2. The van der Waals surface area contributed by atoms with Crippen molar-refractivity contribution in [2.75, 3.05) is 6.54 Å². The van der Waals surface area contributed by atoms with Crippen molar-refractivity contribution in [3.63, 3.8) is 0 Å². The highest BCUT2D eigenvalue weighted by Gasteiger charge is 2.06. The minimum atomic E-state index is 0.660. The Hall–Kier alpha value is -2.05. The molecule has 0 unspecified atom stereocenters. The molecule has 1 N–H and O–H groups in total. The summed E-state index contributed by atoms with van der Waals surface area (Å²) >= 11 is 1.79. The van der Waals surface area contributed by atoms with E-state index < -0.39 is 0 Å². The quantitative estimate of drug-likeness (QED) is 0.704. The average Bonchev–Trinajstić information content (AvgIpc) is 3.16. The lowest BCUT2D eigenvalue weighted by molar-refractivity contribution is 0.642. The number of nitrogens with zero attached hydrogens (tertiary/aromatic N) is 4. The van der Waals surface area contributed by atoms with Gasteiger partial charge in [-0.3, -0.25) is 0 Å². The number of hydrogen-bond acceptors (Lipinski definition) is 5. The number of tetrazole rings is 1. The van der Waals surface area contributed by atoms with E-state index in [4.69, 9.17) is 0 Å². The molecule has 5 nitrogen and oxygen atoms in total. The fourth-order valence-electron chi connectivity index (χ4n) is 1.95. The first-order chi connectivity index (χ1) is 9.93. The minimum absolute atomic E-state index is 0.660. The van der Waals surface area contributed by atoms with Crippen molar-refractivity contribution in [2.45, 2.75) is 13.0 Å². The van der Waals surface area contributed by atoms with Gasteiger partial charge in [0.15, 0.2) is 5.82 Å². The Morgan fingerprint density at radius 2 is 2.00 bits per heavy atom. The van der Waals surface area contributed by atoms with Gasteiger partial charge in [0.2, 0.25) is 0 Å². The fraction of sp³-hybridized carbons (Fsp3) is 0.214. The summed E-state index contributed by atoms with van der Waals surface area (Å²) in [5, 5.41) is 17.3. The second kappa shape index (κ2) is 6.40. The molecule has 0 bridgehead atoms. The second-order valence-corrected chi connectivity index (χ2v) is 5.38. The van der Waals surface area contributed by atoms with Crippen LogP contribution in [0.15, 0.2) is 47.8 Å². The number of para-hydroxylation sites is 1. The van der Waals surface area contributed by atoms with Crippen LogP contribution in [0.1, 0.15) is 10.7 Å². The molecule has 102 valence electrons. The number of aromatic nitrogens is 4. The molecule has 0 atom stereocenters. The Bertz CT molecular complexity index is 633. The molecule has 3 aromatic rings. The lowest BCUT2D eigenvalue weighted by Gasteiger charge is -2.05. The summed E-state index contributed by atoms with van der Waals surface area (Å²) in [6.45, 7) is 1.58. The summed E-state index contributed by atoms with van der Waals surface area (Å²) in [5.41, 5.74) is 0.979. The van der Waals surface area contributed by atoms with Crippen LogP contribution in [0.25, 0.3) is 5.69 Å². The summed E-state index contributed by atoms with van der Waals surface area (Å²) in [6.07, 6.45) is 1.03. The third-order valence-electron chi connectivity index (χ3n) is 2.95. The van der Waals surface area contributed by atoms with Crippen molar-refractivity contribution in [3.8, 4) is 5.69 Å². The molecule has 20 heavy (non-hydrogen) atoms. The van der Waals surface area contributed by atoms with Gasteiger partial charge < -0.3 is 5.32 Å². The highest BCUT2D eigenvalue weighted by Crippen LogP contribution is 2.09. The topological polar surface area (TPSA) is 55.6 Å². The van der Waals surface area contributed by atoms with E-state index >= 15 is 0 Å². The van der Waals surface area contributed by atoms with Gasteiger partial charge in [-0.25, -0.2) is 0 Å². The lowest BCUT2D eigenvalue weighted by atomic mass is 10.3. The molecule has 0 saturated heterocycles. The highest BCUT2D eigenvalue weighted by molar-refractivity contribution is 7.09. The highest BCUT2D eigenvalue weighted by atomic mass is 32.1. The van der Waals surface area contributed by atoms with E-state index in [0.29, 0.717) is 6.54 Å². The van der Waals surface area contributed by atoms with Crippen LogP contribution in [0.2, 0.25) is 0 Å². The first-order valence-corrected chi connectivity index (χ1v) is 7.37. The molecule has 1 aromatic carbocycles. The molecule has 2 aromatic heterocycles. The van der Waals surface area contributed by atoms with Crippen molar-refractivity contribution >= 4 is 11.3 Å². The molecule has 2 heterocycles. The van der Waals surface area contributed by atoms with E-state index in [0.717, 1.165) is 24.5 Å². The van der Waals surface area contributed by atoms with Gasteiger partial charge in [-0.05, 0) is 40.4 Å². The predicted molar refractivity (Wildman–Crippen MR) is 78.9 cm³/mol. The molecule has 3 rings (SSSR count). The van der Waals surface area contributed by atoms with Crippen LogP contribution in [0.3, 0.4) is 0 Å². The van der Waals surface area contributed by atoms with Crippen LogP contribution >= 0.6 is 11.3 Å². The first-order valence-electron chi connectivity index (χ1n) is 6.49. The maximum absolute atomic E-state index is 4.07. The van der Waals surface area contributed by atoms with E-state index in [1.54, 1.807) is 16.0 Å². The third kappa shape index (κ3) is 3.09. The molecule has 0 aliphatic heterocycles. The number of thiophene rings is 1. The molecule has 0 radical (unpaired) electrons. The minimum Gasteiger partial charge on any atom is -0.309 e. The van der Waals surface area contributed by atoms with Crippen LogP contribution in [0.5, 0.6) is 0 Å². The molecular weight excluding hydrogens is 270 g/mol. The van der Waals surface area contributed by atoms with Gasteiger partial charge in [-0.15, -0.1) is 16.4 Å². The summed E-state index contributed by atoms with van der Waals surface area (Å²) in [4.78, 5) is 1.39. The SMILES string of the molecule is c1ccc(-n2nnnc2CNCCc2cccs2)cc1.